The van der Waals surface area contributed by atoms with Gasteiger partial charge in [0.1, 0.15) is 22.7 Å². The molecular formula is C25H30F4N10OS. The Balaban J connectivity index is 1.40. The number of alkyl halides is 4. The van der Waals surface area contributed by atoms with E-state index >= 15 is 0 Å². The fraction of sp³-hybridized carbons (Fsp3) is 0.520. The van der Waals surface area contributed by atoms with E-state index in [9.17, 15) is 22.4 Å². The van der Waals surface area contributed by atoms with Gasteiger partial charge in [-0.2, -0.15) is 23.4 Å². The lowest BCUT2D eigenvalue weighted by atomic mass is 10.0. The molecule has 0 aromatic carbocycles. The topological polar surface area (TPSA) is 118 Å². The Hall–Kier alpha value is -3.66. The zero-order valence-corrected chi connectivity index (χ0v) is 23.7. The van der Waals surface area contributed by atoms with E-state index in [1.807, 2.05) is 32.7 Å². The average molecular weight is 595 g/mol. The Labute approximate surface area is 237 Å². The van der Waals surface area contributed by atoms with E-state index in [0.29, 0.717) is 23.5 Å². The van der Waals surface area contributed by atoms with Gasteiger partial charge in [0.15, 0.2) is 5.01 Å². The van der Waals surface area contributed by atoms with Gasteiger partial charge in [-0.25, -0.2) is 8.91 Å². The predicted molar refractivity (Wildman–Crippen MR) is 144 cm³/mol. The smallest absolute Gasteiger partial charge is 0.363 e. The van der Waals surface area contributed by atoms with Gasteiger partial charge in [0.2, 0.25) is 0 Å². The maximum absolute atomic E-state index is 14.7. The standard InChI is InChI=1S/C25H30F4N10OS/c1-24(2,3)38-12-14(8-32-38)22(40)31-11-20-34-35-23(41-20)21-15(7-25(27,28)29)18-9-30-10-19(39(18)36-21)33-17-5-6-37(4)13-16(17)26/h8-10,12,16-17,33H,5-7,11,13H2,1-4H3,(H,31,40)/t16-,17+/m0/s1. The lowest BCUT2D eigenvalue weighted by molar-refractivity contribution is -0.126. The van der Waals surface area contributed by atoms with Gasteiger partial charge in [0.25, 0.3) is 5.91 Å². The van der Waals surface area contributed by atoms with Crippen molar-refractivity contribution < 1.29 is 22.4 Å². The van der Waals surface area contributed by atoms with Gasteiger partial charge in [-0.3, -0.25) is 14.5 Å². The number of carbonyl (C=O) groups is 1. The van der Waals surface area contributed by atoms with Gasteiger partial charge in [-0.15, -0.1) is 10.2 Å². The predicted octanol–water partition coefficient (Wildman–Crippen LogP) is 3.69. The number of anilines is 1. The van der Waals surface area contributed by atoms with Gasteiger partial charge in [0.05, 0.1) is 54.2 Å². The van der Waals surface area contributed by atoms with Gasteiger partial charge >= 0.3 is 6.18 Å². The molecule has 11 nitrogen and oxygen atoms in total. The number of likely N-dealkylation sites (tertiary alicyclic amines) is 1. The van der Waals surface area contributed by atoms with Gasteiger partial charge < -0.3 is 15.5 Å². The minimum absolute atomic E-state index is 0.0000751. The Bertz CT molecular complexity index is 1540. The molecule has 0 unspecified atom stereocenters. The maximum atomic E-state index is 14.7. The molecule has 0 aliphatic carbocycles. The Morgan fingerprint density at radius 2 is 1.95 bits per heavy atom. The van der Waals surface area contributed by atoms with Crippen LogP contribution in [0.1, 0.15) is 48.1 Å². The number of nitrogens with one attached hydrogen (secondary N) is 2. The molecule has 1 aliphatic rings. The van der Waals surface area contributed by atoms with Crippen LogP contribution in [-0.2, 0) is 18.5 Å². The van der Waals surface area contributed by atoms with Crippen molar-refractivity contribution >= 4 is 28.6 Å². The average Bonchev–Trinajstić information content (AvgIpc) is 3.63. The van der Waals surface area contributed by atoms with Crippen molar-refractivity contribution in [1.82, 2.24) is 44.8 Å². The SMILES string of the molecule is CN1CC[C@@H](Nc2cncc3c(CC(F)(F)F)c(-c4nnc(CNC(=O)c5cnn(C(C)(C)C)c5)s4)nn23)[C@@H](F)C1. The summed E-state index contributed by atoms with van der Waals surface area (Å²) in [4.78, 5) is 18.6. The van der Waals surface area contributed by atoms with Crippen molar-refractivity contribution in [2.75, 3.05) is 25.5 Å². The van der Waals surface area contributed by atoms with Crippen molar-refractivity contribution in [3.63, 3.8) is 0 Å². The third-order valence-electron chi connectivity index (χ3n) is 6.70. The largest absolute Gasteiger partial charge is 0.393 e. The number of nitrogens with zero attached hydrogens (tertiary/aromatic N) is 8. The first-order valence-corrected chi connectivity index (χ1v) is 13.8. The molecule has 0 spiro atoms. The van der Waals surface area contributed by atoms with E-state index in [2.05, 4.69) is 36.0 Å². The summed E-state index contributed by atoms with van der Waals surface area (Å²) >= 11 is 1.02. The van der Waals surface area contributed by atoms with Gasteiger partial charge in [-0.1, -0.05) is 11.3 Å². The number of carbonyl (C=O) groups excluding carboxylic acids is 1. The van der Waals surface area contributed by atoms with Crippen LogP contribution in [0.4, 0.5) is 23.4 Å². The Morgan fingerprint density at radius 1 is 1.17 bits per heavy atom. The molecule has 2 atom stereocenters. The summed E-state index contributed by atoms with van der Waals surface area (Å²) in [6.07, 6.45) is -0.643. The fourth-order valence-corrected chi connectivity index (χ4v) is 5.34. The molecule has 41 heavy (non-hydrogen) atoms. The molecule has 1 aliphatic heterocycles. The van der Waals surface area contributed by atoms with E-state index in [0.717, 1.165) is 11.3 Å². The molecule has 0 radical (unpaired) electrons. The van der Waals surface area contributed by atoms with E-state index < -0.39 is 24.8 Å². The number of aromatic nitrogens is 7. The molecule has 2 N–H and O–H groups in total. The first kappa shape index (κ1) is 28.9. The molecule has 5 heterocycles. The van der Waals surface area contributed by atoms with E-state index in [1.165, 1.54) is 23.1 Å². The highest BCUT2D eigenvalue weighted by Gasteiger charge is 2.34. The monoisotopic (exact) mass is 594 g/mol. The Morgan fingerprint density at radius 3 is 2.63 bits per heavy atom. The summed E-state index contributed by atoms with van der Waals surface area (Å²) in [7, 11) is 1.83. The second-order valence-electron chi connectivity index (χ2n) is 11.1. The van der Waals surface area contributed by atoms with Crippen LogP contribution in [0.3, 0.4) is 0 Å². The summed E-state index contributed by atoms with van der Waals surface area (Å²) in [5.74, 6) is -0.0909. The van der Waals surface area contributed by atoms with Crippen LogP contribution in [0, 0.1) is 0 Å². The normalized spacial score (nSPS) is 18.6. The van der Waals surface area contributed by atoms with Crippen molar-refractivity contribution in [2.24, 2.45) is 0 Å². The number of piperidine rings is 1. The fourth-order valence-electron chi connectivity index (χ4n) is 4.55. The summed E-state index contributed by atoms with van der Waals surface area (Å²) < 4.78 is 58.6. The number of amides is 1. The lowest BCUT2D eigenvalue weighted by Gasteiger charge is -2.33. The zero-order valence-electron chi connectivity index (χ0n) is 22.9. The molecule has 0 bridgehead atoms. The molecule has 16 heteroatoms. The van der Waals surface area contributed by atoms with Crippen molar-refractivity contribution in [3.05, 3.63) is 40.9 Å². The molecule has 1 saturated heterocycles. The quantitative estimate of drug-likeness (QED) is 0.311. The summed E-state index contributed by atoms with van der Waals surface area (Å²) in [6.45, 7) is 6.80. The summed E-state index contributed by atoms with van der Waals surface area (Å²) in [5, 5.41) is 23.2. The van der Waals surface area contributed by atoms with Crippen LogP contribution in [0.15, 0.2) is 24.8 Å². The maximum Gasteiger partial charge on any atom is 0.393 e. The molecule has 1 fully saturated rings. The highest BCUT2D eigenvalue weighted by Crippen LogP contribution is 2.34. The lowest BCUT2D eigenvalue weighted by Crippen LogP contribution is -2.46. The van der Waals surface area contributed by atoms with Crippen LogP contribution in [-0.4, -0.2) is 83.9 Å². The van der Waals surface area contributed by atoms with Crippen molar-refractivity contribution in [2.45, 2.75) is 64.1 Å². The van der Waals surface area contributed by atoms with Gasteiger partial charge in [-0.05, 0) is 34.2 Å². The second-order valence-corrected chi connectivity index (χ2v) is 12.1. The second kappa shape index (κ2) is 11.0. The molecule has 1 amide bonds. The third-order valence-corrected chi connectivity index (χ3v) is 7.63. The van der Waals surface area contributed by atoms with Crippen molar-refractivity contribution in [3.8, 4) is 10.7 Å². The van der Waals surface area contributed by atoms with E-state index in [1.54, 1.807) is 10.9 Å². The molecule has 0 saturated carbocycles. The molecular weight excluding hydrogens is 564 g/mol. The number of hydrogen-bond acceptors (Lipinski definition) is 9. The van der Waals surface area contributed by atoms with Gasteiger partial charge in [0, 0.05) is 24.8 Å². The van der Waals surface area contributed by atoms with E-state index in [4.69, 9.17) is 0 Å². The first-order chi connectivity index (χ1) is 19.3. The first-order valence-electron chi connectivity index (χ1n) is 13.0. The zero-order chi connectivity index (χ0) is 29.5. The molecule has 4 aromatic heterocycles. The summed E-state index contributed by atoms with van der Waals surface area (Å²) in [6, 6.07) is -0.537. The third kappa shape index (κ3) is 6.48. The van der Waals surface area contributed by atoms with Crippen LogP contribution >= 0.6 is 11.3 Å². The number of rotatable bonds is 7. The number of fused-ring (bicyclic) bond motifs is 1. The Kier molecular flexibility index (Phi) is 7.72. The minimum Gasteiger partial charge on any atom is -0.363 e. The molecule has 220 valence electrons. The van der Waals surface area contributed by atoms with E-state index in [-0.39, 0.29) is 52.1 Å². The highest BCUT2D eigenvalue weighted by atomic mass is 32.1. The molecule has 4 aromatic rings. The molecule has 5 rings (SSSR count). The van der Waals surface area contributed by atoms with Crippen LogP contribution in [0.25, 0.3) is 16.2 Å². The van der Waals surface area contributed by atoms with Crippen LogP contribution in [0.5, 0.6) is 0 Å². The van der Waals surface area contributed by atoms with Crippen molar-refractivity contribution in [1.29, 1.82) is 0 Å². The number of halogens is 4. The number of hydrogen-bond donors (Lipinski definition) is 2. The summed E-state index contributed by atoms with van der Waals surface area (Å²) in [5.41, 5.74) is 0.0902. The highest BCUT2D eigenvalue weighted by molar-refractivity contribution is 7.14. The van der Waals surface area contributed by atoms with Crippen LogP contribution < -0.4 is 10.6 Å². The minimum atomic E-state index is -4.53. The van der Waals surface area contributed by atoms with Crippen LogP contribution in [0.2, 0.25) is 0 Å².